The molecule has 4 heteroatoms. The van der Waals surface area contributed by atoms with Gasteiger partial charge in [0.05, 0.1) is 13.2 Å². The van der Waals surface area contributed by atoms with E-state index < -0.39 is 0 Å². The molecule has 1 unspecified atom stereocenters. The zero-order valence-corrected chi connectivity index (χ0v) is 10.9. The monoisotopic (exact) mass is 250 g/mol. The number of nitrogens with two attached hydrogens (primary N) is 1. The van der Waals surface area contributed by atoms with E-state index in [1.54, 1.807) is 7.11 Å². The number of rotatable bonds is 6. The Morgan fingerprint density at radius 3 is 3.06 bits per heavy atom. The third-order valence-electron chi connectivity index (χ3n) is 3.34. The van der Waals surface area contributed by atoms with Crippen LogP contribution in [0.25, 0.3) is 0 Å². The highest BCUT2D eigenvalue weighted by Gasteiger charge is 2.14. The summed E-state index contributed by atoms with van der Waals surface area (Å²) in [5, 5.41) is 3.41. The first-order valence-electron chi connectivity index (χ1n) is 6.54. The molecule has 0 amide bonds. The third-order valence-corrected chi connectivity index (χ3v) is 3.34. The summed E-state index contributed by atoms with van der Waals surface area (Å²) < 4.78 is 10.7. The van der Waals surface area contributed by atoms with Crippen molar-refractivity contribution in [3.63, 3.8) is 0 Å². The van der Waals surface area contributed by atoms with Crippen molar-refractivity contribution < 1.29 is 9.47 Å². The molecule has 0 bridgehead atoms. The zero-order chi connectivity index (χ0) is 12.8. The van der Waals surface area contributed by atoms with Gasteiger partial charge in [0.2, 0.25) is 0 Å². The van der Waals surface area contributed by atoms with Crippen LogP contribution < -0.4 is 15.8 Å². The summed E-state index contributed by atoms with van der Waals surface area (Å²) in [7, 11) is 1.65. The van der Waals surface area contributed by atoms with E-state index in [2.05, 4.69) is 5.32 Å². The molecule has 0 aromatic heterocycles. The lowest BCUT2D eigenvalue weighted by atomic mass is 10.1. The average molecular weight is 250 g/mol. The summed E-state index contributed by atoms with van der Waals surface area (Å²) >= 11 is 0. The van der Waals surface area contributed by atoms with E-state index in [9.17, 15) is 0 Å². The van der Waals surface area contributed by atoms with E-state index in [0.29, 0.717) is 6.10 Å². The van der Waals surface area contributed by atoms with Crippen molar-refractivity contribution in [2.75, 3.05) is 26.0 Å². The number of nitrogens with one attached hydrogen (secondary N) is 1. The Morgan fingerprint density at radius 2 is 2.39 bits per heavy atom. The third kappa shape index (κ3) is 3.62. The van der Waals surface area contributed by atoms with E-state index in [1.807, 2.05) is 18.2 Å². The molecule has 1 atom stereocenters. The summed E-state index contributed by atoms with van der Waals surface area (Å²) in [6, 6.07) is 5.80. The van der Waals surface area contributed by atoms with Crippen molar-refractivity contribution in [2.24, 2.45) is 0 Å². The van der Waals surface area contributed by atoms with Gasteiger partial charge >= 0.3 is 0 Å². The molecule has 1 heterocycles. The molecule has 1 aliphatic heterocycles. The van der Waals surface area contributed by atoms with Crippen LogP contribution in [0.3, 0.4) is 0 Å². The smallest absolute Gasteiger partial charge is 0.120 e. The molecule has 0 aliphatic carbocycles. The van der Waals surface area contributed by atoms with Gasteiger partial charge < -0.3 is 20.5 Å². The van der Waals surface area contributed by atoms with Crippen LogP contribution in [0.5, 0.6) is 5.75 Å². The molecule has 1 aromatic rings. The number of hydrogen-bond acceptors (Lipinski definition) is 4. The molecule has 0 spiro atoms. The fourth-order valence-electron chi connectivity index (χ4n) is 2.22. The molecular formula is C14H22N2O2. The van der Waals surface area contributed by atoms with E-state index in [4.69, 9.17) is 15.2 Å². The summed E-state index contributed by atoms with van der Waals surface area (Å²) in [6.45, 7) is 2.69. The lowest BCUT2D eigenvalue weighted by Gasteiger charge is -2.11. The largest absolute Gasteiger partial charge is 0.497 e. The molecule has 4 nitrogen and oxygen atoms in total. The first-order chi connectivity index (χ1) is 8.79. The number of anilines is 1. The quantitative estimate of drug-likeness (QED) is 0.598. The maximum absolute atomic E-state index is 5.96. The minimum absolute atomic E-state index is 0.450. The maximum Gasteiger partial charge on any atom is 0.120 e. The maximum atomic E-state index is 5.96. The molecule has 0 radical (unpaired) electrons. The predicted octanol–water partition coefficient (Wildman–Crippen LogP) is 1.94. The Bertz CT molecular complexity index is 376. The molecule has 2 rings (SSSR count). The van der Waals surface area contributed by atoms with E-state index >= 15 is 0 Å². The number of nitrogen functional groups attached to an aromatic ring is 1. The Morgan fingerprint density at radius 1 is 1.50 bits per heavy atom. The van der Waals surface area contributed by atoms with Gasteiger partial charge in [-0.15, -0.1) is 0 Å². The van der Waals surface area contributed by atoms with Gasteiger partial charge in [0.1, 0.15) is 5.75 Å². The van der Waals surface area contributed by atoms with Crippen molar-refractivity contribution in [3.05, 3.63) is 23.8 Å². The van der Waals surface area contributed by atoms with Crippen LogP contribution in [0.4, 0.5) is 5.69 Å². The lowest BCUT2D eigenvalue weighted by Crippen LogP contribution is -2.20. The fraction of sp³-hybridized carbons (Fsp3) is 0.571. The first kappa shape index (κ1) is 13.2. The Balaban J connectivity index is 1.72. The zero-order valence-electron chi connectivity index (χ0n) is 10.9. The van der Waals surface area contributed by atoms with Crippen LogP contribution in [0, 0.1) is 0 Å². The van der Waals surface area contributed by atoms with Crippen LogP contribution in [0.15, 0.2) is 18.2 Å². The molecule has 1 fully saturated rings. The summed E-state index contributed by atoms with van der Waals surface area (Å²) in [5.41, 5.74) is 7.85. The number of hydrogen-bond donors (Lipinski definition) is 2. The van der Waals surface area contributed by atoms with Gasteiger partial charge in [-0.1, -0.05) is 6.07 Å². The second-order valence-electron chi connectivity index (χ2n) is 4.67. The van der Waals surface area contributed by atoms with Gasteiger partial charge in [0.15, 0.2) is 0 Å². The highest BCUT2D eigenvalue weighted by atomic mass is 16.5. The topological polar surface area (TPSA) is 56.5 Å². The van der Waals surface area contributed by atoms with E-state index in [0.717, 1.165) is 43.1 Å². The second-order valence-corrected chi connectivity index (χ2v) is 4.67. The normalized spacial score (nSPS) is 19.1. The first-order valence-corrected chi connectivity index (χ1v) is 6.54. The Kier molecular flexibility index (Phi) is 4.84. The second kappa shape index (κ2) is 6.61. The van der Waals surface area contributed by atoms with Crippen LogP contribution in [0.2, 0.25) is 0 Å². The minimum atomic E-state index is 0.450. The minimum Gasteiger partial charge on any atom is -0.497 e. The van der Waals surface area contributed by atoms with Gasteiger partial charge in [-0.05, 0) is 37.4 Å². The predicted molar refractivity (Wildman–Crippen MR) is 72.7 cm³/mol. The molecule has 100 valence electrons. The molecule has 1 aromatic carbocycles. The fourth-order valence-corrected chi connectivity index (χ4v) is 2.22. The highest BCUT2D eigenvalue weighted by molar-refractivity contribution is 5.51. The van der Waals surface area contributed by atoms with Crippen molar-refractivity contribution in [1.29, 1.82) is 0 Å². The lowest BCUT2D eigenvalue weighted by molar-refractivity contribution is 0.104. The van der Waals surface area contributed by atoms with Crippen molar-refractivity contribution in [1.82, 2.24) is 5.32 Å². The SMILES string of the molecule is COc1ccc(CNCCC2CCCO2)c(N)c1. The van der Waals surface area contributed by atoms with Crippen molar-refractivity contribution >= 4 is 5.69 Å². The summed E-state index contributed by atoms with van der Waals surface area (Å²) in [4.78, 5) is 0. The van der Waals surface area contributed by atoms with Gasteiger partial charge in [-0.25, -0.2) is 0 Å². The van der Waals surface area contributed by atoms with E-state index in [-0.39, 0.29) is 0 Å². The Hall–Kier alpha value is -1.26. The van der Waals surface area contributed by atoms with Crippen molar-refractivity contribution in [3.8, 4) is 5.75 Å². The highest BCUT2D eigenvalue weighted by Crippen LogP contribution is 2.19. The van der Waals surface area contributed by atoms with Crippen LogP contribution in [0.1, 0.15) is 24.8 Å². The summed E-state index contributed by atoms with van der Waals surface area (Å²) in [6.07, 6.45) is 3.93. The van der Waals surface area contributed by atoms with Crippen molar-refractivity contribution in [2.45, 2.75) is 31.9 Å². The van der Waals surface area contributed by atoms with Gasteiger partial charge in [-0.3, -0.25) is 0 Å². The number of benzene rings is 1. The standard InChI is InChI=1S/C14H22N2O2/c1-17-13-5-4-11(14(15)9-13)10-16-7-6-12-3-2-8-18-12/h4-5,9,12,16H,2-3,6-8,10,15H2,1H3. The van der Waals surface area contributed by atoms with Gasteiger partial charge in [-0.2, -0.15) is 0 Å². The molecular weight excluding hydrogens is 228 g/mol. The molecule has 3 N–H and O–H groups in total. The molecule has 0 saturated carbocycles. The number of ether oxygens (including phenoxy) is 2. The number of methoxy groups -OCH3 is 1. The van der Waals surface area contributed by atoms with Gasteiger partial charge in [0, 0.05) is 24.9 Å². The molecule has 18 heavy (non-hydrogen) atoms. The molecule has 1 saturated heterocycles. The average Bonchev–Trinajstić information content (AvgIpc) is 2.89. The molecule has 1 aliphatic rings. The van der Waals surface area contributed by atoms with E-state index in [1.165, 1.54) is 12.8 Å². The van der Waals surface area contributed by atoms with Crippen LogP contribution in [-0.4, -0.2) is 26.4 Å². The van der Waals surface area contributed by atoms with Crippen LogP contribution >= 0.6 is 0 Å². The van der Waals surface area contributed by atoms with Gasteiger partial charge in [0.25, 0.3) is 0 Å². The van der Waals surface area contributed by atoms with Crippen LogP contribution in [-0.2, 0) is 11.3 Å². The Labute approximate surface area is 108 Å². The summed E-state index contributed by atoms with van der Waals surface area (Å²) in [5.74, 6) is 0.801.